The van der Waals surface area contributed by atoms with Gasteiger partial charge in [0, 0.05) is 11.4 Å². The van der Waals surface area contributed by atoms with Gasteiger partial charge in [0.2, 0.25) is 0 Å². The molecular formula is C16H20N2O. The molecule has 0 fully saturated rings. The minimum atomic E-state index is 0.773. The molecule has 2 rings (SSSR count). The SMILES string of the molecule is CCC(C)=NO.c1ccc(Nc2ccccc2)cc1. The Hall–Kier alpha value is -2.29. The fourth-order valence-electron chi connectivity index (χ4n) is 1.28. The van der Waals surface area contributed by atoms with E-state index in [1.54, 1.807) is 6.92 Å². The number of anilines is 2. The molecule has 19 heavy (non-hydrogen) atoms. The maximum Gasteiger partial charge on any atom is 0.0537 e. The van der Waals surface area contributed by atoms with Crippen LogP contribution in [-0.2, 0) is 0 Å². The fourth-order valence-corrected chi connectivity index (χ4v) is 1.28. The molecule has 0 aliphatic rings. The summed E-state index contributed by atoms with van der Waals surface area (Å²) in [7, 11) is 0. The van der Waals surface area contributed by atoms with Crippen molar-refractivity contribution in [2.24, 2.45) is 5.16 Å². The largest absolute Gasteiger partial charge is 0.411 e. The van der Waals surface area contributed by atoms with Crippen LogP contribution >= 0.6 is 0 Å². The molecule has 0 heterocycles. The summed E-state index contributed by atoms with van der Waals surface area (Å²) in [5.41, 5.74) is 3.01. The highest BCUT2D eigenvalue weighted by Crippen LogP contribution is 2.14. The predicted molar refractivity (Wildman–Crippen MR) is 81.4 cm³/mol. The number of nitrogens with one attached hydrogen (secondary N) is 1. The van der Waals surface area contributed by atoms with Crippen molar-refractivity contribution in [1.29, 1.82) is 0 Å². The Labute approximate surface area is 114 Å². The number of para-hydroxylation sites is 2. The summed E-state index contributed by atoms with van der Waals surface area (Å²) >= 11 is 0. The van der Waals surface area contributed by atoms with Gasteiger partial charge >= 0.3 is 0 Å². The number of benzene rings is 2. The first-order chi connectivity index (χ1) is 9.26. The van der Waals surface area contributed by atoms with E-state index in [4.69, 9.17) is 5.21 Å². The maximum atomic E-state index is 7.92. The van der Waals surface area contributed by atoms with E-state index in [1.165, 1.54) is 0 Å². The molecule has 2 N–H and O–H groups in total. The second-order valence-electron chi connectivity index (χ2n) is 4.05. The number of rotatable bonds is 3. The van der Waals surface area contributed by atoms with E-state index in [0.717, 1.165) is 23.5 Å². The molecule has 2 aromatic rings. The molecule has 0 radical (unpaired) electrons. The van der Waals surface area contributed by atoms with Gasteiger partial charge in [0.15, 0.2) is 0 Å². The van der Waals surface area contributed by atoms with Crippen molar-refractivity contribution < 1.29 is 5.21 Å². The van der Waals surface area contributed by atoms with Gasteiger partial charge in [-0.3, -0.25) is 0 Å². The van der Waals surface area contributed by atoms with Crippen molar-refractivity contribution in [3.63, 3.8) is 0 Å². The predicted octanol–water partition coefficient (Wildman–Crippen LogP) is 4.68. The van der Waals surface area contributed by atoms with Crippen LogP contribution in [0.4, 0.5) is 11.4 Å². The summed E-state index contributed by atoms with van der Waals surface area (Å²) in [5.74, 6) is 0. The van der Waals surface area contributed by atoms with Gasteiger partial charge < -0.3 is 10.5 Å². The van der Waals surface area contributed by atoms with Gasteiger partial charge in [0.25, 0.3) is 0 Å². The van der Waals surface area contributed by atoms with Crippen LogP contribution < -0.4 is 5.32 Å². The Kier molecular flexibility index (Phi) is 6.80. The summed E-state index contributed by atoms with van der Waals surface area (Å²) in [6.07, 6.45) is 0.830. The lowest BCUT2D eigenvalue weighted by atomic mass is 10.3. The van der Waals surface area contributed by atoms with Crippen LogP contribution in [0, 0.1) is 0 Å². The second kappa shape index (κ2) is 8.75. The molecule has 0 unspecified atom stereocenters. The Morgan fingerprint density at radius 3 is 1.63 bits per heavy atom. The molecule has 0 saturated heterocycles. The van der Waals surface area contributed by atoms with E-state index in [-0.39, 0.29) is 0 Å². The van der Waals surface area contributed by atoms with Gasteiger partial charge in [-0.2, -0.15) is 0 Å². The fraction of sp³-hybridized carbons (Fsp3) is 0.188. The Morgan fingerprint density at radius 1 is 0.947 bits per heavy atom. The van der Waals surface area contributed by atoms with Gasteiger partial charge in [0.05, 0.1) is 5.71 Å². The van der Waals surface area contributed by atoms with E-state index in [9.17, 15) is 0 Å². The van der Waals surface area contributed by atoms with Crippen molar-refractivity contribution in [3.8, 4) is 0 Å². The minimum absolute atomic E-state index is 0.773. The molecule has 100 valence electrons. The normalized spacial score (nSPS) is 10.3. The summed E-state index contributed by atoms with van der Waals surface area (Å²) in [5, 5.41) is 14.2. The Bertz CT molecular complexity index is 443. The first kappa shape index (κ1) is 14.8. The van der Waals surface area contributed by atoms with E-state index in [1.807, 2.05) is 67.6 Å². The van der Waals surface area contributed by atoms with Crippen LogP contribution in [0.25, 0.3) is 0 Å². The highest BCUT2D eigenvalue weighted by molar-refractivity contribution is 5.80. The van der Waals surface area contributed by atoms with E-state index in [0.29, 0.717) is 0 Å². The van der Waals surface area contributed by atoms with Gasteiger partial charge in [-0.05, 0) is 37.6 Å². The maximum absolute atomic E-state index is 7.92. The summed E-state index contributed by atoms with van der Waals surface area (Å²) < 4.78 is 0. The first-order valence-corrected chi connectivity index (χ1v) is 6.31. The number of hydrogen-bond acceptors (Lipinski definition) is 3. The quantitative estimate of drug-likeness (QED) is 0.476. The highest BCUT2D eigenvalue weighted by Gasteiger charge is 1.89. The minimum Gasteiger partial charge on any atom is -0.411 e. The zero-order chi connectivity index (χ0) is 13.9. The molecule has 0 atom stereocenters. The molecule has 3 nitrogen and oxygen atoms in total. The van der Waals surface area contributed by atoms with E-state index >= 15 is 0 Å². The molecule has 3 heteroatoms. The molecule has 0 bridgehead atoms. The third kappa shape index (κ3) is 6.27. The molecule has 0 saturated carbocycles. The molecule has 0 amide bonds. The summed E-state index contributed by atoms with van der Waals surface area (Å²) in [6, 6.07) is 20.3. The molecule has 0 aliphatic heterocycles. The Balaban J connectivity index is 0.000000258. The highest BCUT2D eigenvalue weighted by atomic mass is 16.4. The molecular weight excluding hydrogens is 236 g/mol. The molecule has 0 aromatic heterocycles. The van der Waals surface area contributed by atoms with Crippen LogP contribution in [0.15, 0.2) is 65.8 Å². The van der Waals surface area contributed by atoms with Crippen molar-refractivity contribution in [1.82, 2.24) is 0 Å². The third-order valence-corrected chi connectivity index (χ3v) is 2.52. The van der Waals surface area contributed by atoms with Gasteiger partial charge in [-0.1, -0.05) is 48.5 Å². The number of hydrogen-bond donors (Lipinski definition) is 2. The van der Waals surface area contributed by atoms with Crippen LogP contribution in [-0.4, -0.2) is 10.9 Å². The van der Waals surface area contributed by atoms with Crippen molar-refractivity contribution in [3.05, 3.63) is 60.7 Å². The van der Waals surface area contributed by atoms with Crippen LogP contribution in [0.5, 0.6) is 0 Å². The number of oxime groups is 1. The standard InChI is InChI=1S/C12H11N.C4H9NO/c1-3-7-11(8-4-1)13-12-9-5-2-6-10-12;1-3-4(2)5-6/h1-10,13H;6H,3H2,1-2H3. The monoisotopic (exact) mass is 256 g/mol. The topological polar surface area (TPSA) is 44.6 Å². The summed E-state index contributed by atoms with van der Waals surface area (Å²) in [4.78, 5) is 0. The first-order valence-electron chi connectivity index (χ1n) is 6.31. The smallest absolute Gasteiger partial charge is 0.0537 e. The van der Waals surface area contributed by atoms with Crippen LogP contribution in [0.3, 0.4) is 0 Å². The lowest BCUT2D eigenvalue weighted by molar-refractivity contribution is 0.317. The van der Waals surface area contributed by atoms with Gasteiger partial charge in [-0.15, -0.1) is 0 Å². The number of nitrogens with zero attached hydrogens (tertiary/aromatic N) is 1. The van der Waals surface area contributed by atoms with Crippen molar-refractivity contribution in [2.75, 3.05) is 5.32 Å². The van der Waals surface area contributed by atoms with Crippen LogP contribution in [0.2, 0.25) is 0 Å². The molecule has 2 aromatic carbocycles. The zero-order valence-electron chi connectivity index (χ0n) is 11.4. The van der Waals surface area contributed by atoms with Gasteiger partial charge in [-0.25, -0.2) is 0 Å². The van der Waals surface area contributed by atoms with Crippen LogP contribution in [0.1, 0.15) is 20.3 Å². The Morgan fingerprint density at radius 2 is 1.37 bits per heavy atom. The molecule has 0 spiro atoms. The molecule has 0 aliphatic carbocycles. The van der Waals surface area contributed by atoms with Crippen molar-refractivity contribution >= 4 is 17.1 Å². The summed E-state index contributed by atoms with van der Waals surface area (Å²) in [6.45, 7) is 3.72. The zero-order valence-corrected chi connectivity index (χ0v) is 11.4. The lowest BCUT2D eigenvalue weighted by Gasteiger charge is -2.04. The van der Waals surface area contributed by atoms with Crippen molar-refractivity contribution in [2.45, 2.75) is 20.3 Å². The average Bonchev–Trinajstić information content (AvgIpc) is 2.49. The lowest BCUT2D eigenvalue weighted by Crippen LogP contribution is -1.87. The van der Waals surface area contributed by atoms with E-state index in [2.05, 4.69) is 10.5 Å². The second-order valence-corrected chi connectivity index (χ2v) is 4.05. The van der Waals surface area contributed by atoms with E-state index < -0.39 is 0 Å². The van der Waals surface area contributed by atoms with Gasteiger partial charge in [0.1, 0.15) is 0 Å². The average molecular weight is 256 g/mol. The third-order valence-electron chi connectivity index (χ3n) is 2.52.